The number of hydrogen-bond donors (Lipinski definition) is 8. The van der Waals surface area contributed by atoms with E-state index >= 15 is 0 Å². The van der Waals surface area contributed by atoms with Crippen molar-refractivity contribution in [2.24, 2.45) is 5.73 Å². The molecule has 15 heteroatoms. The zero-order chi connectivity index (χ0) is 25.0. The molecule has 4 atom stereocenters. The molecule has 1 heterocycles. The van der Waals surface area contributed by atoms with Gasteiger partial charge in [-0.15, -0.1) is 0 Å². The van der Waals surface area contributed by atoms with E-state index in [0.29, 0.717) is 11.4 Å². The average Bonchev–Trinajstić information content (AvgIpc) is 3.26. The number of hydrogen-bond acceptors (Lipinski definition) is 9. The van der Waals surface area contributed by atoms with E-state index in [4.69, 9.17) is 10.8 Å². The number of aromatic amines is 1. The number of imidazole rings is 1. The van der Waals surface area contributed by atoms with Crippen LogP contribution in [0.1, 0.15) is 18.5 Å². The molecule has 0 aliphatic carbocycles. The fourth-order valence-electron chi connectivity index (χ4n) is 2.62. The summed E-state index contributed by atoms with van der Waals surface area (Å²) in [5, 5.41) is 34.5. The summed E-state index contributed by atoms with van der Waals surface area (Å²) in [6.07, 6.45) is 3.94. The van der Waals surface area contributed by atoms with Gasteiger partial charge in [0.1, 0.15) is 18.1 Å². The second-order valence-electron chi connectivity index (χ2n) is 6.97. The topological polar surface area (TPSA) is 237 Å². The number of nitrogens with two attached hydrogens (primary N) is 1. The second-order valence-corrected chi connectivity index (χ2v) is 7.96. The van der Waals surface area contributed by atoms with Crippen molar-refractivity contribution in [2.75, 3.05) is 18.6 Å². The van der Waals surface area contributed by atoms with Crippen LogP contribution in [0.2, 0.25) is 0 Å². The smallest absolute Gasteiger partial charge is 0.326 e. The third kappa shape index (κ3) is 9.88. The van der Waals surface area contributed by atoms with Crippen molar-refractivity contribution >= 4 is 41.4 Å². The zero-order valence-corrected chi connectivity index (χ0v) is 18.6. The number of aliphatic hydroxyl groups excluding tert-OH is 1. The molecule has 0 spiro atoms. The van der Waals surface area contributed by atoms with Gasteiger partial charge >= 0.3 is 11.9 Å². The van der Waals surface area contributed by atoms with Crippen LogP contribution in [-0.2, 0) is 30.4 Å². The molecule has 1 rings (SSSR count). The van der Waals surface area contributed by atoms with Crippen LogP contribution >= 0.6 is 11.8 Å². The van der Waals surface area contributed by atoms with E-state index in [2.05, 4.69) is 25.9 Å². The Bertz CT molecular complexity index is 821. The number of aromatic nitrogens is 2. The van der Waals surface area contributed by atoms with E-state index in [0.717, 1.165) is 0 Å². The van der Waals surface area contributed by atoms with Crippen LogP contribution in [0, 0.1) is 0 Å². The van der Waals surface area contributed by atoms with Crippen molar-refractivity contribution in [3.63, 3.8) is 0 Å². The molecule has 0 bridgehead atoms. The molecule has 9 N–H and O–H groups in total. The summed E-state index contributed by atoms with van der Waals surface area (Å²) in [6.45, 7) is -0.841. The summed E-state index contributed by atoms with van der Waals surface area (Å²) < 4.78 is 0. The maximum atomic E-state index is 12.7. The summed E-state index contributed by atoms with van der Waals surface area (Å²) in [6, 6.07) is -5.40. The molecule has 1 aromatic rings. The number of nitrogens with zero attached hydrogens (tertiary/aromatic N) is 1. The number of aliphatic carboxylic acids is 2. The lowest BCUT2D eigenvalue weighted by Gasteiger charge is -2.24. The number of thioether (sulfide) groups is 1. The van der Waals surface area contributed by atoms with Gasteiger partial charge in [0.15, 0.2) is 0 Å². The highest BCUT2D eigenvalue weighted by molar-refractivity contribution is 7.98. The summed E-state index contributed by atoms with van der Waals surface area (Å²) in [5.74, 6) is -4.83. The van der Waals surface area contributed by atoms with Crippen LogP contribution in [0.5, 0.6) is 0 Å². The van der Waals surface area contributed by atoms with Gasteiger partial charge in [-0.3, -0.25) is 19.2 Å². The monoisotopic (exact) mass is 488 g/mol. The Kier molecular flexibility index (Phi) is 11.9. The first kappa shape index (κ1) is 27.9. The number of aliphatic hydroxyl groups is 1. The van der Waals surface area contributed by atoms with Crippen LogP contribution in [0.25, 0.3) is 0 Å². The second kappa shape index (κ2) is 14.1. The molecule has 3 amide bonds. The number of H-pyrrole nitrogens is 1. The largest absolute Gasteiger partial charge is 0.481 e. The number of carbonyl (C=O) groups is 5. The van der Waals surface area contributed by atoms with Crippen molar-refractivity contribution < 1.29 is 39.3 Å². The fraction of sp³-hybridized carbons (Fsp3) is 0.556. The molecular formula is C18H28N6O8S. The molecule has 0 aliphatic heterocycles. The van der Waals surface area contributed by atoms with Crippen LogP contribution in [-0.4, -0.2) is 97.7 Å². The lowest BCUT2D eigenvalue weighted by Crippen LogP contribution is -2.58. The minimum atomic E-state index is -1.50. The number of amides is 3. The van der Waals surface area contributed by atoms with Gasteiger partial charge in [-0.2, -0.15) is 11.8 Å². The van der Waals surface area contributed by atoms with Crippen LogP contribution in [0.4, 0.5) is 0 Å². The van der Waals surface area contributed by atoms with Gasteiger partial charge in [-0.25, -0.2) is 9.78 Å². The highest BCUT2D eigenvalue weighted by atomic mass is 32.2. The van der Waals surface area contributed by atoms with Crippen molar-refractivity contribution in [1.29, 1.82) is 0 Å². The standard InChI is InChI=1S/C18H28N6O8S/c1-33-3-2-11(16(29)23-12(18(31)32)4-9-6-20-8-21-9)22-17(30)13(7-25)24-15(28)10(19)5-14(26)27/h6,8,10-13,25H,2-5,7,19H2,1H3,(H,20,21)(H,22,30)(H,23,29)(H,24,28)(H,26,27)(H,31,32). The number of carboxylic acids is 2. The Morgan fingerprint density at radius 3 is 2.18 bits per heavy atom. The van der Waals surface area contributed by atoms with Crippen molar-refractivity contribution in [1.82, 2.24) is 25.9 Å². The van der Waals surface area contributed by atoms with Gasteiger partial charge in [-0.1, -0.05) is 0 Å². The SMILES string of the molecule is CSCCC(NC(=O)C(CO)NC(=O)C(N)CC(=O)O)C(=O)NC(Cc1cnc[nH]1)C(=O)O. The molecule has 14 nitrogen and oxygen atoms in total. The van der Waals surface area contributed by atoms with Crippen molar-refractivity contribution in [2.45, 2.75) is 43.4 Å². The quantitative estimate of drug-likeness (QED) is 0.124. The molecule has 1 aromatic heterocycles. The lowest BCUT2D eigenvalue weighted by atomic mass is 10.1. The molecular weight excluding hydrogens is 460 g/mol. The molecule has 0 fully saturated rings. The molecule has 184 valence electrons. The Balaban J connectivity index is 2.84. The molecule has 4 unspecified atom stereocenters. The maximum absolute atomic E-state index is 12.7. The van der Waals surface area contributed by atoms with E-state index in [-0.39, 0.29) is 12.8 Å². The third-order valence-corrected chi connectivity index (χ3v) is 5.03. The highest BCUT2D eigenvalue weighted by Crippen LogP contribution is 2.05. The van der Waals surface area contributed by atoms with E-state index < -0.39 is 66.9 Å². The Hall–Kier alpha value is -3.17. The molecule has 0 radical (unpaired) electrons. The van der Waals surface area contributed by atoms with Crippen molar-refractivity contribution in [3.8, 4) is 0 Å². The van der Waals surface area contributed by atoms with Gasteiger partial charge in [0.2, 0.25) is 17.7 Å². The van der Waals surface area contributed by atoms with E-state index in [1.165, 1.54) is 24.3 Å². The molecule has 0 aromatic carbocycles. The lowest BCUT2D eigenvalue weighted by molar-refractivity contribution is -0.142. The van der Waals surface area contributed by atoms with Gasteiger partial charge in [0.05, 0.1) is 25.4 Å². The number of carbonyl (C=O) groups excluding carboxylic acids is 3. The summed E-state index contributed by atoms with van der Waals surface area (Å²) in [4.78, 5) is 66.0. The van der Waals surface area contributed by atoms with Gasteiger partial charge in [-0.05, 0) is 18.4 Å². The van der Waals surface area contributed by atoms with Crippen molar-refractivity contribution in [3.05, 3.63) is 18.2 Å². The number of rotatable bonds is 15. The first-order valence-corrected chi connectivity index (χ1v) is 11.2. The highest BCUT2D eigenvalue weighted by Gasteiger charge is 2.30. The van der Waals surface area contributed by atoms with Crippen LogP contribution in [0.3, 0.4) is 0 Å². The summed E-state index contributed by atoms with van der Waals surface area (Å²) >= 11 is 1.39. The summed E-state index contributed by atoms with van der Waals surface area (Å²) in [5.41, 5.74) is 5.92. The molecule has 33 heavy (non-hydrogen) atoms. The minimum Gasteiger partial charge on any atom is -0.481 e. The molecule has 0 aliphatic rings. The van der Waals surface area contributed by atoms with Gasteiger partial charge < -0.3 is 42.0 Å². The fourth-order valence-corrected chi connectivity index (χ4v) is 3.09. The van der Waals surface area contributed by atoms with Gasteiger partial charge in [0, 0.05) is 18.3 Å². The third-order valence-electron chi connectivity index (χ3n) is 4.38. The zero-order valence-electron chi connectivity index (χ0n) is 17.8. The number of nitrogens with one attached hydrogen (secondary N) is 4. The van der Waals surface area contributed by atoms with Crippen LogP contribution in [0.15, 0.2) is 12.5 Å². The Morgan fingerprint density at radius 1 is 1.06 bits per heavy atom. The van der Waals surface area contributed by atoms with E-state index in [9.17, 15) is 34.2 Å². The number of carboxylic acid groups (broad SMARTS) is 2. The van der Waals surface area contributed by atoms with E-state index in [1.807, 2.05) is 0 Å². The average molecular weight is 489 g/mol. The first-order valence-electron chi connectivity index (χ1n) is 9.77. The normalized spacial score (nSPS) is 14.4. The molecule has 0 saturated carbocycles. The molecule has 0 saturated heterocycles. The maximum Gasteiger partial charge on any atom is 0.326 e. The van der Waals surface area contributed by atoms with Gasteiger partial charge in [0.25, 0.3) is 0 Å². The van der Waals surface area contributed by atoms with Crippen LogP contribution < -0.4 is 21.7 Å². The minimum absolute atomic E-state index is 0.0684. The predicted octanol–water partition coefficient (Wildman–Crippen LogP) is -2.96. The first-order chi connectivity index (χ1) is 15.6. The Labute approximate surface area is 193 Å². The predicted molar refractivity (Wildman–Crippen MR) is 116 cm³/mol. The Morgan fingerprint density at radius 2 is 1.67 bits per heavy atom. The van der Waals surface area contributed by atoms with E-state index in [1.54, 1.807) is 6.26 Å². The summed E-state index contributed by atoms with van der Waals surface area (Å²) in [7, 11) is 0.